The molecule has 0 amide bonds. The summed E-state index contributed by atoms with van der Waals surface area (Å²) in [4.78, 5) is 15.0. The van der Waals surface area contributed by atoms with Gasteiger partial charge in [-0.2, -0.15) is 0 Å². The van der Waals surface area contributed by atoms with E-state index in [4.69, 9.17) is 11.6 Å². The van der Waals surface area contributed by atoms with E-state index in [1.54, 1.807) is 6.92 Å². The Morgan fingerprint density at radius 2 is 2.31 bits per heavy atom. The second-order valence-corrected chi connectivity index (χ2v) is 3.15. The number of rotatable bonds is 4. The molecule has 0 atom stereocenters. The summed E-state index contributed by atoms with van der Waals surface area (Å²) in [7, 11) is 0. The van der Waals surface area contributed by atoms with E-state index >= 15 is 0 Å². The van der Waals surface area contributed by atoms with Crippen molar-refractivity contribution < 1.29 is 18.3 Å². The first-order valence-electron chi connectivity index (χ1n) is 4.60. The average Bonchev–Trinajstić information content (AvgIpc) is 2.28. The zero-order chi connectivity index (χ0) is 12.1. The largest absolute Gasteiger partial charge is 0.461 e. The van der Waals surface area contributed by atoms with E-state index in [9.17, 15) is 13.6 Å². The number of ether oxygens (including phenoxy) is 1. The van der Waals surface area contributed by atoms with Gasteiger partial charge in [-0.3, -0.25) is 0 Å². The summed E-state index contributed by atoms with van der Waals surface area (Å²) in [6.45, 7) is 1.69. The molecule has 0 aliphatic rings. The predicted molar refractivity (Wildman–Crippen MR) is 54.7 cm³/mol. The van der Waals surface area contributed by atoms with Gasteiger partial charge in [0.25, 0.3) is 6.43 Å². The highest BCUT2D eigenvalue weighted by molar-refractivity contribution is 6.17. The van der Waals surface area contributed by atoms with E-state index in [0.29, 0.717) is 0 Å². The van der Waals surface area contributed by atoms with Crippen LogP contribution in [0.4, 0.5) is 8.78 Å². The Morgan fingerprint density at radius 1 is 1.62 bits per heavy atom. The number of carbonyl (C=O) groups is 1. The van der Waals surface area contributed by atoms with Crippen molar-refractivity contribution in [3.05, 3.63) is 29.1 Å². The molecule has 0 radical (unpaired) electrons. The van der Waals surface area contributed by atoms with Gasteiger partial charge in [0.05, 0.1) is 12.2 Å². The van der Waals surface area contributed by atoms with Crippen LogP contribution in [0, 0.1) is 0 Å². The van der Waals surface area contributed by atoms with Crippen LogP contribution in [0.15, 0.2) is 12.3 Å². The third-order valence-electron chi connectivity index (χ3n) is 1.91. The second-order valence-electron chi connectivity index (χ2n) is 2.89. The summed E-state index contributed by atoms with van der Waals surface area (Å²) in [5, 5.41) is 0. The molecule has 3 nitrogen and oxygen atoms in total. The molecule has 0 N–H and O–H groups in total. The molecule has 1 aromatic rings. The Kier molecular flexibility index (Phi) is 4.61. The summed E-state index contributed by atoms with van der Waals surface area (Å²) >= 11 is 5.52. The monoisotopic (exact) mass is 249 g/mol. The fourth-order valence-corrected chi connectivity index (χ4v) is 1.47. The van der Waals surface area contributed by atoms with Gasteiger partial charge < -0.3 is 4.74 Å². The van der Waals surface area contributed by atoms with Crippen molar-refractivity contribution in [3.8, 4) is 0 Å². The van der Waals surface area contributed by atoms with Gasteiger partial charge in [-0.05, 0) is 18.6 Å². The summed E-state index contributed by atoms with van der Waals surface area (Å²) in [5.74, 6) is -0.959. The Bertz CT molecular complexity index is 385. The lowest BCUT2D eigenvalue weighted by Crippen LogP contribution is -2.12. The van der Waals surface area contributed by atoms with Crippen LogP contribution in [0.25, 0.3) is 0 Å². The number of pyridine rings is 1. The second kappa shape index (κ2) is 5.75. The first kappa shape index (κ1) is 12.8. The third-order valence-corrected chi connectivity index (χ3v) is 2.20. The lowest BCUT2D eigenvalue weighted by molar-refractivity contribution is 0.0507. The maximum atomic E-state index is 12.8. The van der Waals surface area contributed by atoms with Crippen LogP contribution in [0.1, 0.15) is 35.0 Å². The van der Waals surface area contributed by atoms with Crippen LogP contribution in [-0.2, 0) is 10.6 Å². The molecule has 0 saturated heterocycles. The minimum Gasteiger partial charge on any atom is -0.461 e. The Labute approximate surface area is 96.4 Å². The van der Waals surface area contributed by atoms with Gasteiger partial charge in [-0.15, -0.1) is 11.6 Å². The fraction of sp³-hybridized carbons (Fsp3) is 0.400. The van der Waals surface area contributed by atoms with Crippen molar-refractivity contribution in [2.45, 2.75) is 19.2 Å². The lowest BCUT2D eigenvalue weighted by Gasteiger charge is -2.10. The van der Waals surface area contributed by atoms with Gasteiger partial charge in [0.15, 0.2) is 5.69 Å². The number of hydrogen-bond donors (Lipinski definition) is 0. The standard InChI is InChI=1S/C10H10ClF2NO2/c1-2-16-10(15)8-7(9(12)13)6(5-11)3-4-14-8/h3-4,9H,2,5H2,1H3. The van der Waals surface area contributed by atoms with E-state index in [0.717, 1.165) is 0 Å². The van der Waals surface area contributed by atoms with Crippen molar-refractivity contribution in [1.29, 1.82) is 0 Å². The highest BCUT2D eigenvalue weighted by Gasteiger charge is 2.23. The van der Waals surface area contributed by atoms with Gasteiger partial charge in [0.2, 0.25) is 0 Å². The number of esters is 1. The summed E-state index contributed by atoms with van der Waals surface area (Å²) in [6.07, 6.45) is -1.54. The van der Waals surface area contributed by atoms with Gasteiger partial charge in [0, 0.05) is 12.1 Å². The van der Waals surface area contributed by atoms with Crippen LogP contribution in [-0.4, -0.2) is 17.6 Å². The van der Waals surface area contributed by atoms with Gasteiger partial charge in [-0.25, -0.2) is 18.6 Å². The smallest absolute Gasteiger partial charge is 0.357 e. The van der Waals surface area contributed by atoms with Crippen molar-refractivity contribution in [2.75, 3.05) is 6.61 Å². The number of carbonyl (C=O) groups excluding carboxylic acids is 1. The molecule has 0 spiro atoms. The van der Waals surface area contributed by atoms with Crippen LogP contribution in [0.2, 0.25) is 0 Å². The minimum atomic E-state index is -2.80. The Hall–Kier alpha value is -1.23. The zero-order valence-corrected chi connectivity index (χ0v) is 9.30. The number of aromatic nitrogens is 1. The number of nitrogens with zero attached hydrogens (tertiary/aromatic N) is 1. The summed E-state index contributed by atoms with van der Waals surface area (Å²) in [5.41, 5.74) is -0.624. The maximum Gasteiger partial charge on any atom is 0.357 e. The topological polar surface area (TPSA) is 39.2 Å². The maximum absolute atomic E-state index is 12.8. The molecule has 0 unspecified atom stereocenters. The van der Waals surface area contributed by atoms with Gasteiger partial charge >= 0.3 is 5.97 Å². The van der Waals surface area contributed by atoms with Crippen molar-refractivity contribution in [1.82, 2.24) is 4.98 Å². The van der Waals surface area contributed by atoms with Crippen LogP contribution in [0.5, 0.6) is 0 Å². The molecule has 0 fully saturated rings. The molecule has 0 aromatic carbocycles. The molecule has 0 aliphatic heterocycles. The normalized spacial score (nSPS) is 10.6. The molecular formula is C10H10ClF2NO2. The zero-order valence-electron chi connectivity index (χ0n) is 8.54. The molecule has 0 saturated carbocycles. The highest BCUT2D eigenvalue weighted by atomic mass is 35.5. The minimum absolute atomic E-state index is 0.103. The molecule has 0 aliphatic carbocycles. The molecule has 6 heteroatoms. The lowest BCUT2D eigenvalue weighted by atomic mass is 10.1. The number of hydrogen-bond acceptors (Lipinski definition) is 3. The van der Waals surface area contributed by atoms with E-state index in [2.05, 4.69) is 9.72 Å². The number of halogens is 3. The van der Waals surface area contributed by atoms with E-state index in [1.165, 1.54) is 12.3 Å². The summed E-state index contributed by atoms with van der Waals surface area (Å²) < 4.78 is 30.2. The quantitative estimate of drug-likeness (QED) is 0.608. The van der Waals surface area contributed by atoms with Crippen LogP contribution in [0.3, 0.4) is 0 Å². The molecule has 16 heavy (non-hydrogen) atoms. The number of alkyl halides is 3. The molecule has 1 aromatic heterocycles. The average molecular weight is 250 g/mol. The fourth-order valence-electron chi connectivity index (χ4n) is 1.24. The van der Waals surface area contributed by atoms with E-state index in [1.807, 2.05) is 0 Å². The highest BCUT2D eigenvalue weighted by Crippen LogP contribution is 2.27. The van der Waals surface area contributed by atoms with Crippen LogP contribution < -0.4 is 0 Å². The van der Waals surface area contributed by atoms with Gasteiger partial charge in [0.1, 0.15) is 0 Å². The predicted octanol–water partition coefficient (Wildman–Crippen LogP) is 2.93. The SMILES string of the molecule is CCOC(=O)c1nccc(CCl)c1C(F)F. The van der Waals surface area contributed by atoms with Crippen molar-refractivity contribution in [2.24, 2.45) is 0 Å². The summed E-state index contributed by atoms with van der Waals surface area (Å²) in [6, 6.07) is 1.36. The Balaban J connectivity index is 3.22. The molecule has 1 heterocycles. The van der Waals surface area contributed by atoms with E-state index in [-0.39, 0.29) is 23.7 Å². The molecule has 0 bridgehead atoms. The molecular weight excluding hydrogens is 240 g/mol. The van der Waals surface area contributed by atoms with Gasteiger partial charge in [-0.1, -0.05) is 0 Å². The van der Waals surface area contributed by atoms with Crippen LogP contribution >= 0.6 is 11.6 Å². The third kappa shape index (κ3) is 2.66. The van der Waals surface area contributed by atoms with Crippen molar-refractivity contribution in [3.63, 3.8) is 0 Å². The Morgan fingerprint density at radius 3 is 2.81 bits per heavy atom. The first-order chi connectivity index (χ1) is 7.61. The molecule has 1 rings (SSSR count). The first-order valence-corrected chi connectivity index (χ1v) is 5.14. The van der Waals surface area contributed by atoms with Crippen molar-refractivity contribution >= 4 is 17.6 Å². The van der Waals surface area contributed by atoms with E-state index < -0.39 is 18.0 Å². The molecule has 88 valence electrons.